The van der Waals surface area contributed by atoms with Gasteiger partial charge in [-0.2, -0.15) is 0 Å². The molecule has 0 rings (SSSR count). The third-order valence-electron chi connectivity index (χ3n) is 1.74. The molecule has 0 bridgehead atoms. The van der Waals surface area contributed by atoms with Gasteiger partial charge in [0.25, 0.3) is 0 Å². The van der Waals surface area contributed by atoms with Gasteiger partial charge in [0.15, 0.2) is 0 Å². The molecule has 0 aromatic heterocycles. The second-order valence-corrected chi connectivity index (χ2v) is 4.95. The molecular formula is C11H23NO3. The Bertz CT molecular complexity index is 196. The van der Waals surface area contributed by atoms with E-state index in [0.29, 0.717) is 6.42 Å². The maximum Gasteiger partial charge on any atom is 0.246 e. The van der Waals surface area contributed by atoms with E-state index in [-0.39, 0.29) is 24.2 Å². The molecule has 0 aliphatic rings. The van der Waals surface area contributed by atoms with Crippen LogP contribution in [0.25, 0.3) is 0 Å². The molecule has 15 heavy (non-hydrogen) atoms. The average Bonchev–Trinajstić information content (AvgIpc) is 1.97. The Hall–Kier alpha value is -0.610. The zero-order chi connectivity index (χ0) is 12.1. The molecule has 0 aromatic rings. The Labute approximate surface area is 92.0 Å². The summed E-state index contributed by atoms with van der Waals surface area (Å²) in [7, 11) is 0. The molecule has 2 atom stereocenters. The van der Waals surface area contributed by atoms with Crippen LogP contribution in [0.2, 0.25) is 0 Å². The lowest BCUT2D eigenvalue weighted by atomic mass is 10.1. The number of carbonyl (C=O) groups excluding carboxylic acids is 1. The lowest BCUT2D eigenvalue weighted by Crippen LogP contribution is -2.38. The van der Waals surface area contributed by atoms with Crippen molar-refractivity contribution in [1.82, 2.24) is 5.32 Å². The number of hydrogen-bond acceptors (Lipinski definition) is 3. The van der Waals surface area contributed by atoms with E-state index in [2.05, 4.69) is 5.32 Å². The predicted octanol–water partition coefficient (Wildman–Crippen LogP) is 1.08. The fourth-order valence-electron chi connectivity index (χ4n) is 1.17. The van der Waals surface area contributed by atoms with Crippen LogP contribution < -0.4 is 5.32 Å². The van der Waals surface area contributed by atoms with Crippen molar-refractivity contribution in [3.8, 4) is 0 Å². The monoisotopic (exact) mass is 217 g/mol. The van der Waals surface area contributed by atoms with E-state index in [1.165, 1.54) is 0 Å². The number of ether oxygens (including phenoxy) is 1. The standard InChI is InChI=1S/C11H23NO3/c1-8(6-9(2)13)12-10(14)7-15-11(3,4)5/h8-9,13H,6-7H2,1-5H3,(H,12,14). The van der Waals surface area contributed by atoms with Gasteiger partial charge in [0.1, 0.15) is 6.61 Å². The summed E-state index contributed by atoms with van der Waals surface area (Å²) in [6.45, 7) is 9.34. The molecule has 0 radical (unpaired) electrons. The van der Waals surface area contributed by atoms with Crippen molar-refractivity contribution < 1.29 is 14.6 Å². The van der Waals surface area contributed by atoms with E-state index >= 15 is 0 Å². The van der Waals surface area contributed by atoms with Crippen LogP contribution in [-0.4, -0.2) is 35.4 Å². The van der Waals surface area contributed by atoms with Crippen molar-refractivity contribution in [3.05, 3.63) is 0 Å². The number of hydrogen-bond donors (Lipinski definition) is 2. The third kappa shape index (κ3) is 9.69. The van der Waals surface area contributed by atoms with Crippen LogP contribution in [0.1, 0.15) is 41.0 Å². The molecule has 0 heterocycles. The first kappa shape index (κ1) is 14.4. The molecule has 0 aliphatic heterocycles. The number of amides is 1. The Morgan fingerprint density at radius 1 is 1.40 bits per heavy atom. The van der Waals surface area contributed by atoms with Crippen molar-refractivity contribution in [1.29, 1.82) is 0 Å². The van der Waals surface area contributed by atoms with E-state index in [1.54, 1.807) is 6.92 Å². The third-order valence-corrected chi connectivity index (χ3v) is 1.74. The first-order valence-electron chi connectivity index (χ1n) is 5.32. The van der Waals surface area contributed by atoms with Gasteiger partial charge in [-0.1, -0.05) is 0 Å². The fourth-order valence-corrected chi connectivity index (χ4v) is 1.17. The Kier molecular flexibility index (Phi) is 5.83. The quantitative estimate of drug-likeness (QED) is 0.724. The highest BCUT2D eigenvalue weighted by Crippen LogP contribution is 2.05. The Morgan fingerprint density at radius 3 is 2.33 bits per heavy atom. The minimum atomic E-state index is -0.399. The van der Waals surface area contributed by atoms with Crippen LogP contribution in [0, 0.1) is 0 Å². The van der Waals surface area contributed by atoms with Gasteiger partial charge in [-0.25, -0.2) is 0 Å². The van der Waals surface area contributed by atoms with Crippen molar-refractivity contribution in [2.75, 3.05) is 6.61 Å². The van der Waals surface area contributed by atoms with Gasteiger partial charge in [-0.15, -0.1) is 0 Å². The predicted molar refractivity (Wildman–Crippen MR) is 59.6 cm³/mol. The Morgan fingerprint density at radius 2 is 1.93 bits per heavy atom. The highest BCUT2D eigenvalue weighted by molar-refractivity contribution is 5.77. The Balaban J connectivity index is 3.74. The highest BCUT2D eigenvalue weighted by atomic mass is 16.5. The zero-order valence-electron chi connectivity index (χ0n) is 10.3. The molecule has 0 spiro atoms. The average molecular weight is 217 g/mol. The minimum absolute atomic E-state index is 0.0268. The zero-order valence-corrected chi connectivity index (χ0v) is 10.3. The van der Waals surface area contributed by atoms with Crippen molar-refractivity contribution in [2.45, 2.75) is 58.8 Å². The van der Waals surface area contributed by atoms with Gasteiger partial charge in [-0.3, -0.25) is 4.79 Å². The topological polar surface area (TPSA) is 58.6 Å². The first-order valence-corrected chi connectivity index (χ1v) is 5.32. The number of carbonyl (C=O) groups is 1. The van der Waals surface area contributed by atoms with Gasteiger partial charge in [0.2, 0.25) is 5.91 Å². The SMILES string of the molecule is CC(O)CC(C)NC(=O)COC(C)(C)C. The molecule has 1 amide bonds. The maximum absolute atomic E-state index is 11.4. The summed E-state index contributed by atoms with van der Waals surface area (Å²) in [5.41, 5.74) is -0.301. The van der Waals surface area contributed by atoms with Crippen LogP contribution in [-0.2, 0) is 9.53 Å². The summed E-state index contributed by atoms with van der Waals surface area (Å²) < 4.78 is 5.32. The molecule has 0 aromatic carbocycles. The van der Waals surface area contributed by atoms with Crippen LogP contribution in [0.4, 0.5) is 0 Å². The summed E-state index contributed by atoms with van der Waals surface area (Å²) >= 11 is 0. The van der Waals surface area contributed by atoms with Crippen molar-refractivity contribution >= 4 is 5.91 Å². The molecule has 0 aliphatic carbocycles. The highest BCUT2D eigenvalue weighted by Gasteiger charge is 2.14. The van der Waals surface area contributed by atoms with Gasteiger partial charge < -0.3 is 15.2 Å². The maximum atomic E-state index is 11.4. The number of aliphatic hydroxyl groups excluding tert-OH is 1. The number of aliphatic hydroxyl groups is 1. The summed E-state index contributed by atoms with van der Waals surface area (Å²) in [6.07, 6.45) is 0.158. The molecule has 2 unspecified atom stereocenters. The lowest BCUT2D eigenvalue weighted by Gasteiger charge is -2.20. The van der Waals surface area contributed by atoms with Gasteiger partial charge in [-0.05, 0) is 41.0 Å². The summed E-state index contributed by atoms with van der Waals surface area (Å²) in [6, 6.07) is -0.0268. The smallest absolute Gasteiger partial charge is 0.246 e. The molecule has 90 valence electrons. The minimum Gasteiger partial charge on any atom is -0.393 e. The molecule has 4 nitrogen and oxygen atoms in total. The molecule has 4 heteroatoms. The van der Waals surface area contributed by atoms with E-state index in [0.717, 1.165) is 0 Å². The summed E-state index contributed by atoms with van der Waals surface area (Å²) in [5, 5.41) is 11.9. The van der Waals surface area contributed by atoms with Gasteiger partial charge in [0, 0.05) is 6.04 Å². The van der Waals surface area contributed by atoms with E-state index in [4.69, 9.17) is 9.84 Å². The van der Waals surface area contributed by atoms with E-state index in [9.17, 15) is 4.79 Å². The number of rotatable bonds is 5. The van der Waals surface area contributed by atoms with Crippen molar-refractivity contribution in [2.24, 2.45) is 0 Å². The largest absolute Gasteiger partial charge is 0.393 e. The van der Waals surface area contributed by atoms with Crippen LogP contribution in [0.3, 0.4) is 0 Å². The molecule has 0 fully saturated rings. The first-order chi connectivity index (χ1) is 6.70. The van der Waals surface area contributed by atoms with Crippen LogP contribution in [0.15, 0.2) is 0 Å². The fraction of sp³-hybridized carbons (Fsp3) is 0.909. The van der Waals surface area contributed by atoms with Crippen LogP contribution >= 0.6 is 0 Å². The molecule has 2 N–H and O–H groups in total. The molecule has 0 saturated carbocycles. The summed E-state index contributed by atoms with van der Waals surface area (Å²) in [5.74, 6) is -0.141. The van der Waals surface area contributed by atoms with Gasteiger partial charge in [0.05, 0.1) is 11.7 Å². The normalized spacial score (nSPS) is 15.9. The van der Waals surface area contributed by atoms with E-state index < -0.39 is 6.10 Å². The summed E-state index contributed by atoms with van der Waals surface area (Å²) in [4.78, 5) is 11.4. The number of nitrogens with one attached hydrogen (secondary N) is 1. The molecular weight excluding hydrogens is 194 g/mol. The molecule has 0 saturated heterocycles. The second-order valence-electron chi connectivity index (χ2n) is 4.95. The van der Waals surface area contributed by atoms with Crippen molar-refractivity contribution in [3.63, 3.8) is 0 Å². The lowest BCUT2D eigenvalue weighted by molar-refractivity contribution is -0.131. The van der Waals surface area contributed by atoms with E-state index in [1.807, 2.05) is 27.7 Å². The van der Waals surface area contributed by atoms with Gasteiger partial charge >= 0.3 is 0 Å². The van der Waals surface area contributed by atoms with Crippen LogP contribution in [0.5, 0.6) is 0 Å². The second kappa shape index (κ2) is 6.08.